The van der Waals surface area contributed by atoms with Crippen molar-refractivity contribution >= 4 is 40.1 Å². The second-order valence-electron chi connectivity index (χ2n) is 6.31. The van der Waals surface area contributed by atoms with E-state index in [9.17, 15) is 9.59 Å². The van der Waals surface area contributed by atoms with Crippen molar-refractivity contribution < 1.29 is 9.59 Å². The van der Waals surface area contributed by atoms with Crippen LogP contribution in [0.3, 0.4) is 0 Å². The zero-order valence-electron chi connectivity index (χ0n) is 14.5. The van der Waals surface area contributed by atoms with E-state index in [-0.39, 0.29) is 18.4 Å². The molecule has 0 spiro atoms. The van der Waals surface area contributed by atoms with Gasteiger partial charge >= 0.3 is 0 Å². The summed E-state index contributed by atoms with van der Waals surface area (Å²) in [6.45, 7) is 2.38. The minimum absolute atomic E-state index is 0.0677. The molecule has 5 nitrogen and oxygen atoms in total. The maximum atomic E-state index is 12.3. The fraction of sp³-hybridized carbons (Fsp3) is 0.300. The largest absolute Gasteiger partial charge is 0.375 e. The third kappa shape index (κ3) is 4.97. The fourth-order valence-corrected chi connectivity index (χ4v) is 3.49. The highest BCUT2D eigenvalue weighted by molar-refractivity contribution is 14.1. The number of para-hydroxylation sites is 1. The molecule has 0 bridgehead atoms. The number of hydrogen-bond donors (Lipinski definition) is 2. The van der Waals surface area contributed by atoms with Gasteiger partial charge < -0.3 is 15.5 Å². The van der Waals surface area contributed by atoms with E-state index in [1.165, 1.54) is 0 Å². The Morgan fingerprint density at radius 3 is 2.38 bits per heavy atom. The summed E-state index contributed by atoms with van der Waals surface area (Å²) >= 11 is 2.23. The molecular formula is C20H22IN3O2. The highest BCUT2D eigenvalue weighted by Crippen LogP contribution is 2.16. The molecule has 1 saturated heterocycles. The molecule has 0 radical (unpaired) electrons. The predicted molar refractivity (Wildman–Crippen MR) is 111 cm³/mol. The summed E-state index contributed by atoms with van der Waals surface area (Å²) in [6, 6.07) is 15.3. The third-order valence-electron chi connectivity index (χ3n) is 4.40. The van der Waals surface area contributed by atoms with Crippen LogP contribution >= 0.6 is 22.6 Å². The molecule has 3 rings (SSSR count). The molecule has 2 aromatic rings. The van der Waals surface area contributed by atoms with Crippen LogP contribution in [0.2, 0.25) is 0 Å². The lowest BCUT2D eigenvalue weighted by atomic mass is 10.1. The second kappa shape index (κ2) is 9.02. The molecule has 6 heteroatoms. The Labute approximate surface area is 167 Å². The molecular weight excluding hydrogens is 441 g/mol. The SMILES string of the molecule is O=C(CNc1ccccc1I)NCc1ccc(C(=O)N2CCCC2)cc1. The van der Waals surface area contributed by atoms with Crippen molar-refractivity contribution in [1.29, 1.82) is 0 Å². The number of rotatable bonds is 6. The first kappa shape index (κ1) is 18.7. The Hall–Kier alpha value is -2.09. The molecule has 0 saturated carbocycles. The van der Waals surface area contributed by atoms with E-state index in [0.29, 0.717) is 12.1 Å². The van der Waals surface area contributed by atoms with Gasteiger partial charge in [0.2, 0.25) is 5.91 Å². The molecule has 1 aliphatic heterocycles. The minimum atomic E-state index is -0.0677. The quantitative estimate of drug-likeness (QED) is 0.647. The van der Waals surface area contributed by atoms with Gasteiger partial charge in [-0.15, -0.1) is 0 Å². The second-order valence-corrected chi connectivity index (χ2v) is 7.47. The van der Waals surface area contributed by atoms with Gasteiger partial charge in [0.1, 0.15) is 0 Å². The van der Waals surface area contributed by atoms with Gasteiger partial charge in [-0.05, 0) is 65.3 Å². The molecule has 2 amide bonds. The number of likely N-dealkylation sites (tertiary alicyclic amines) is 1. The van der Waals surface area contributed by atoms with Gasteiger partial charge in [-0.1, -0.05) is 24.3 Å². The van der Waals surface area contributed by atoms with Crippen LogP contribution in [0.15, 0.2) is 48.5 Å². The summed E-state index contributed by atoms with van der Waals surface area (Å²) in [6.07, 6.45) is 2.18. The van der Waals surface area contributed by atoms with Crippen LogP contribution in [0, 0.1) is 3.57 Å². The highest BCUT2D eigenvalue weighted by atomic mass is 127. The van der Waals surface area contributed by atoms with E-state index in [1.807, 2.05) is 53.4 Å². The van der Waals surface area contributed by atoms with E-state index in [4.69, 9.17) is 0 Å². The van der Waals surface area contributed by atoms with Crippen molar-refractivity contribution in [3.05, 3.63) is 63.2 Å². The smallest absolute Gasteiger partial charge is 0.253 e. The van der Waals surface area contributed by atoms with Crippen LogP contribution in [0.1, 0.15) is 28.8 Å². The van der Waals surface area contributed by atoms with Crippen molar-refractivity contribution in [1.82, 2.24) is 10.2 Å². The lowest BCUT2D eigenvalue weighted by Gasteiger charge is -2.15. The van der Waals surface area contributed by atoms with Crippen LogP contribution in [0.4, 0.5) is 5.69 Å². The normalized spacial score (nSPS) is 13.5. The van der Waals surface area contributed by atoms with E-state index in [0.717, 1.165) is 40.8 Å². The topological polar surface area (TPSA) is 61.4 Å². The molecule has 0 aromatic heterocycles. The van der Waals surface area contributed by atoms with Crippen molar-refractivity contribution in [2.24, 2.45) is 0 Å². The molecule has 0 aliphatic carbocycles. The van der Waals surface area contributed by atoms with Crippen LogP contribution < -0.4 is 10.6 Å². The highest BCUT2D eigenvalue weighted by Gasteiger charge is 2.19. The third-order valence-corrected chi connectivity index (χ3v) is 5.34. The Morgan fingerprint density at radius 2 is 1.69 bits per heavy atom. The zero-order valence-corrected chi connectivity index (χ0v) is 16.7. The van der Waals surface area contributed by atoms with Gasteiger partial charge in [-0.2, -0.15) is 0 Å². The number of halogens is 1. The summed E-state index contributed by atoms with van der Waals surface area (Å²) < 4.78 is 1.08. The lowest BCUT2D eigenvalue weighted by molar-refractivity contribution is -0.119. The molecule has 0 atom stereocenters. The molecule has 2 N–H and O–H groups in total. The van der Waals surface area contributed by atoms with Crippen LogP contribution in [-0.4, -0.2) is 36.3 Å². The van der Waals surface area contributed by atoms with E-state index in [2.05, 4.69) is 33.2 Å². The number of nitrogens with zero attached hydrogens (tertiary/aromatic N) is 1. The summed E-state index contributed by atoms with van der Waals surface area (Å²) in [5.41, 5.74) is 2.64. The van der Waals surface area contributed by atoms with Gasteiger partial charge in [0.25, 0.3) is 5.91 Å². The van der Waals surface area contributed by atoms with Crippen molar-refractivity contribution in [2.75, 3.05) is 25.0 Å². The first-order valence-electron chi connectivity index (χ1n) is 8.77. The molecule has 136 valence electrons. The number of amides is 2. The predicted octanol–water partition coefficient (Wildman–Crippen LogP) is 3.26. The Bertz CT molecular complexity index is 771. The summed E-state index contributed by atoms with van der Waals surface area (Å²) in [5, 5.41) is 6.03. The maximum absolute atomic E-state index is 12.3. The molecule has 1 fully saturated rings. The number of carbonyl (C=O) groups excluding carboxylic acids is 2. The fourth-order valence-electron chi connectivity index (χ4n) is 2.91. The first-order valence-corrected chi connectivity index (χ1v) is 9.84. The van der Waals surface area contributed by atoms with Gasteiger partial charge in [-0.3, -0.25) is 9.59 Å². The van der Waals surface area contributed by atoms with E-state index < -0.39 is 0 Å². The monoisotopic (exact) mass is 463 g/mol. The zero-order chi connectivity index (χ0) is 18.4. The van der Waals surface area contributed by atoms with Crippen molar-refractivity contribution in [3.63, 3.8) is 0 Å². The summed E-state index contributed by atoms with van der Waals surface area (Å²) in [4.78, 5) is 26.2. The van der Waals surface area contributed by atoms with Crippen molar-refractivity contribution in [3.8, 4) is 0 Å². The number of hydrogen-bond acceptors (Lipinski definition) is 3. The van der Waals surface area contributed by atoms with Gasteiger partial charge in [0.05, 0.1) is 6.54 Å². The molecule has 1 heterocycles. The Balaban J connectivity index is 1.46. The molecule has 1 aliphatic rings. The van der Waals surface area contributed by atoms with Crippen molar-refractivity contribution in [2.45, 2.75) is 19.4 Å². The summed E-state index contributed by atoms with van der Waals surface area (Å²) in [5.74, 6) is 0.0293. The molecule has 26 heavy (non-hydrogen) atoms. The Morgan fingerprint density at radius 1 is 1.00 bits per heavy atom. The maximum Gasteiger partial charge on any atom is 0.253 e. The van der Waals surface area contributed by atoms with Crippen LogP contribution in [0.5, 0.6) is 0 Å². The van der Waals surface area contributed by atoms with Gasteiger partial charge in [0.15, 0.2) is 0 Å². The number of nitrogens with one attached hydrogen (secondary N) is 2. The standard InChI is InChI=1S/C20H22IN3O2/c21-17-5-1-2-6-18(17)22-14-19(25)23-13-15-7-9-16(10-8-15)20(26)24-11-3-4-12-24/h1-2,5-10,22H,3-4,11-14H2,(H,23,25). The van der Waals surface area contributed by atoms with Gasteiger partial charge in [0, 0.05) is 34.5 Å². The minimum Gasteiger partial charge on any atom is -0.375 e. The van der Waals surface area contributed by atoms with Crippen LogP contribution in [0.25, 0.3) is 0 Å². The average molecular weight is 463 g/mol. The number of benzene rings is 2. The molecule has 2 aromatic carbocycles. The Kier molecular flexibility index (Phi) is 6.49. The van der Waals surface area contributed by atoms with Gasteiger partial charge in [-0.25, -0.2) is 0 Å². The van der Waals surface area contributed by atoms with E-state index in [1.54, 1.807) is 0 Å². The van der Waals surface area contributed by atoms with Crippen LogP contribution in [-0.2, 0) is 11.3 Å². The summed E-state index contributed by atoms with van der Waals surface area (Å²) in [7, 11) is 0. The molecule has 0 unspecified atom stereocenters. The first-order chi connectivity index (χ1) is 12.6. The number of anilines is 1. The van der Waals surface area contributed by atoms with E-state index >= 15 is 0 Å². The average Bonchev–Trinajstić information content (AvgIpc) is 3.20. The lowest BCUT2D eigenvalue weighted by Crippen LogP contribution is -2.29. The number of carbonyl (C=O) groups is 2.